The van der Waals surface area contributed by atoms with Crippen molar-refractivity contribution < 1.29 is 21.6 Å². The van der Waals surface area contributed by atoms with Crippen LogP contribution in [0, 0.1) is 12.7 Å². The summed E-state index contributed by atoms with van der Waals surface area (Å²) in [7, 11) is -4.00. The van der Waals surface area contributed by atoms with Crippen LogP contribution in [0.25, 0.3) is 11.7 Å². The zero-order valence-electron chi connectivity index (χ0n) is 13.2. The molecule has 0 aliphatic heterocycles. The molecule has 1 aliphatic carbocycles. The molecular formula is C16H14FN3O4S. The molecule has 2 aromatic heterocycles. The van der Waals surface area contributed by atoms with Crippen LogP contribution in [0.5, 0.6) is 0 Å². The molecule has 1 aliphatic rings. The zero-order valence-corrected chi connectivity index (χ0v) is 14.0. The van der Waals surface area contributed by atoms with E-state index in [0.29, 0.717) is 11.5 Å². The smallest absolute Gasteiger partial charge is 0.295 e. The number of benzene rings is 1. The van der Waals surface area contributed by atoms with Gasteiger partial charge in [-0.25, -0.2) is 4.39 Å². The first-order chi connectivity index (χ1) is 11.9. The molecule has 1 N–H and O–H groups in total. The molecule has 0 atom stereocenters. The van der Waals surface area contributed by atoms with Gasteiger partial charge in [-0.15, -0.1) is 10.2 Å². The number of aromatic nitrogens is 2. The second-order valence-corrected chi connectivity index (χ2v) is 7.52. The third-order valence-electron chi connectivity index (χ3n) is 3.85. The van der Waals surface area contributed by atoms with Gasteiger partial charge in [-0.05, 0) is 49.6 Å². The Bertz CT molecular complexity index is 1040. The molecule has 4 rings (SSSR count). The molecule has 1 aromatic carbocycles. The van der Waals surface area contributed by atoms with Gasteiger partial charge in [-0.1, -0.05) is 6.07 Å². The van der Waals surface area contributed by atoms with E-state index in [2.05, 4.69) is 14.9 Å². The molecule has 0 unspecified atom stereocenters. The Kier molecular flexibility index (Phi) is 3.60. The van der Waals surface area contributed by atoms with Crippen molar-refractivity contribution in [1.82, 2.24) is 10.2 Å². The predicted octanol–water partition coefficient (Wildman–Crippen LogP) is 3.46. The Morgan fingerprint density at radius 1 is 1.16 bits per heavy atom. The third kappa shape index (κ3) is 3.14. The fourth-order valence-electron chi connectivity index (χ4n) is 2.27. The molecule has 7 nitrogen and oxygen atoms in total. The molecule has 1 saturated carbocycles. The molecule has 3 aromatic rings. The molecular weight excluding hydrogens is 349 g/mol. The Balaban J connectivity index is 1.57. The van der Waals surface area contributed by atoms with Crippen LogP contribution in [-0.4, -0.2) is 18.6 Å². The van der Waals surface area contributed by atoms with Crippen molar-refractivity contribution in [3.05, 3.63) is 47.6 Å². The van der Waals surface area contributed by atoms with E-state index in [0.717, 1.165) is 18.9 Å². The quantitative estimate of drug-likeness (QED) is 0.745. The van der Waals surface area contributed by atoms with Crippen LogP contribution in [-0.2, 0) is 10.0 Å². The minimum absolute atomic E-state index is 0.106. The average Bonchev–Trinajstić information content (AvgIpc) is 3.10. The number of furan rings is 1. The lowest BCUT2D eigenvalue weighted by Crippen LogP contribution is -2.12. The van der Waals surface area contributed by atoms with Crippen molar-refractivity contribution in [1.29, 1.82) is 0 Å². The number of aryl methyl sites for hydroxylation is 1. The lowest BCUT2D eigenvalue weighted by molar-refractivity contribution is 0.435. The van der Waals surface area contributed by atoms with Crippen molar-refractivity contribution in [3.8, 4) is 11.7 Å². The van der Waals surface area contributed by atoms with Gasteiger partial charge in [0.2, 0.25) is 11.0 Å². The maximum Gasteiger partial charge on any atom is 0.295 e. The zero-order chi connectivity index (χ0) is 17.6. The third-order valence-corrected chi connectivity index (χ3v) is 5.10. The lowest BCUT2D eigenvalue weighted by Gasteiger charge is -2.06. The molecule has 0 radical (unpaired) electrons. The minimum atomic E-state index is -4.00. The van der Waals surface area contributed by atoms with Gasteiger partial charge in [-0.3, -0.25) is 4.72 Å². The van der Waals surface area contributed by atoms with E-state index in [-0.39, 0.29) is 28.3 Å². The van der Waals surface area contributed by atoms with E-state index in [4.69, 9.17) is 8.83 Å². The number of hydrogen-bond acceptors (Lipinski definition) is 6. The van der Waals surface area contributed by atoms with Crippen LogP contribution >= 0.6 is 0 Å². The van der Waals surface area contributed by atoms with Gasteiger partial charge in [0, 0.05) is 5.92 Å². The van der Waals surface area contributed by atoms with E-state index >= 15 is 0 Å². The fraction of sp³-hybridized carbons (Fsp3) is 0.250. The summed E-state index contributed by atoms with van der Waals surface area (Å²) in [5.41, 5.74) is 0.529. The highest BCUT2D eigenvalue weighted by atomic mass is 32.2. The first-order valence-corrected chi connectivity index (χ1v) is 9.13. The molecule has 25 heavy (non-hydrogen) atoms. The summed E-state index contributed by atoms with van der Waals surface area (Å²) in [5, 5.41) is 7.48. The van der Waals surface area contributed by atoms with Crippen LogP contribution < -0.4 is 4.72 Å². The van der Waals surface area contributed by atoms with Crippen LogP contribution in [0.2, 0.25) is 0 Å². The molecule has 0 spiro atoms. The van der Waals surface area contributed by atoms with Gasteiger partial charge in [0.05, 0.1) is 5.69 Å². The van der Waals surface area contributed by atoms with E-state index in [1.54, 1.807) is 6.92 Å². The summed E-state index contributed by atoms with van der Waals surface area (Å²) in [6, 6.07) is 6.78. The van der Waals surface area contributed by atoms with Crippen LogP contribution in [0.3, 0.4) is 0 Å². The number of halogens is 1. The molecule has 0 bridgehead atoms. The first kappa shape index (κ1) is 15.8. The highest BCUT2D eigenvalue weighted by molar-refractivity contribution is 7.92. The largest absolute Gasteiger partial charge is 0.438 e. The van der Waals surface area contributed by atoms with Gasteiger partial charge in [0.25, 0.3) is 15.9 Å². The lowest BCUT2D eigenvalue weighted by atomic mass is 10.2. The summed E-state index contributed by atoms with van der Waals surface area (Å²) in [5.74, 6) is 0.611. The van der Waals surface area contributed by atoms with E-state index in [1.165, 1.54) is 24.3 Å². The Hall–Kier alpha value is -2.68. The topological polar surface area (TPSA) is 98.2 Å². The molecule has 2 heterocycles. The van der Waals surface area contributed by atoms with Crippen LogP contribution in [0.1, 0.15) is 30.2 Å². The first-order valence-electron chi connectivity index (χ1n) is 7.65. The second-order valence-electron chi connectivity index (χ2n) is 5.91. The normalized spacial score (nSPS) is 14.6. The Morgan fingerprint density at radius 3 is 2.68 bits per heavy atom. The highest BCUT2D eigenvalue weighted by Gasteiger charge is 2.30. The van der Waals surface area contributed by atoms with Gasteiger partial charge in [0.1, 0.15) is 5.82 Å². The van der Waals surface area contributed by atoms with Crippen molar-refractivity contribution in [2.75, 3.05) is 4.72 Å². The second kappa shape index (κ2) is 5.69. The summed E-state index contributed by atoms with van der Waals surface area (Å²) in [6.07, 6.45) is 2.02. The van der Waals surface area contributed by atoms with E-state index in [9.17, 15) is 12.8 Å². The molecule has 1 fully saturated rings. The summed E-state index contributed by atoms with van der Waals surface area (Å²) < 4.78 is 51.4. The van der Waals surface area contributed by atoms with E-state index < -0.39 is 15.8 Å². The molecule has 0 saturated heterocycles. The van der Waals surface area contributed by atoms with Gasteiger partial charge in [-0.2, -0.15) is 8.42 Å². The number of nitrogens with one attached hydrogen (secondary N) is 1. The van der Waals surface area contributed by atoms with Crippen molar-refractivity contribution in [3.63, 3.8) is 0 Å². The summed E-state index contributed by atoms with van der Waals surface area (Å²) in [4.78, 5) is 0. The standard InChI is InChI=1S/C16H14FN3O4S/c1-9-2-5-11(8-12(9)17)20-25(21,22)14-7-6-13(23-14)16-19-18-15(24-16)10-3-4-10/h2,5-8,10,20H,3-4H2,1H3. The predicted molar refractivity (Wildman–Crippen MR) is 85.9 cm³/mol. The minimum Gasteiger partial charge on any atom is -0.438 e. The number of anilines is 1. The molecule has 0 amide bonds. The molecule has 9 heteroatoms. The van der Waals surface area contributed by atoms with Gasteiger partial charge in [0.15, 0.2) is 5.76 Å². The summed E-state index contributed by atoms with van der Waals surface area (Å²) >= 11 is 0. The van der Waals surface area contributed by atoms with Crippen LogP contribution in [0.15, 0.2) is 44.3 Å². The summed E-state index contributed by atoms with van der Waals surface area (Å²) in [6.45, 7) is 1.59. The maximum absolute atomic E-state index is 13.6. The van der Waals surface area contributed by atoms with E-state index in [1.807, 2.05) is 0 Å². The fourth-order valence-corrected chi connectivity index (χ4v) is 3.26. The highest BCUT2D eigenvalue weighted by Crippen LogP contribution is 2.40. The van der Waals surface area contributed by atoms with Crippen molar-refractivity contribution in [2.45, 2.75) is 30.8 Å². The van der Waals surface area contributed by atoms with Gasteiger partial charge >= 0.3 is 0 Å². The van der Waals surface area contributed by atoms with Crippen molar-refractivity contribution >= 4 is 15.7 Å². The monoisotopic (exact) mass is 363 g/mol. The average molecular weight is 363 g/mol. The Morgan fingerprint density at radius 2 is 1.96 bits per heavy atom. The number of hydrogen-bond donors (Lipinski definition) is 1. The number of sulfonamides is 1. The Labute approximate surface area is 142 Å². The van der Waals surface area contributed by atoms with Crippen molar-refractivity contribution in [2.24, 2.45) is 0 Å². The molecule has 130 valence electrons. The van der Waals surface area contributed by atoms with Crippen LogP contribution in [0.4, 0.5) is 10.1 Å². The number of nitrogens with zero attached hydrogens (tertiary/aromatic N) is 2. The van der Waals surface area contributed by atoms with Gasteiger partial charge < -0.3 is 8.83 Å². The maximum atomic E-state index is 13.6. The SMILES string of the molecule is Cc1ccc(NS(=O)(=O)c2ccc(-c3nnc(C4CC4)o3)o2)cc1F. The number of rotatable bonds is 5.